The number of fused-ring (bicyclic) bond motifs is 1. The van der Waals surface area contributed by atoms with Crippen LogP contribution in [0.15, 0.2) is 48.5 Å². The van der Waals surface area contributed by atoms with Gasteiger partial charge in [-0.05, 0) is 36.2 Å². The van der Waals surface area contributed by atoms with Crippen LogP contribution in [0.2, 0.25) is 5.02 Å². The Hall–Kier alpha value is -2.79. The zero-order chi connectivity index (χ0) is 17.9. The van der Waals surface area contributed by atoms with Gasteiger partial charge in [0.25, 0.3) is 0 Å². The van der Waals surface area contributed by atoms with Gasteiger partial charge in [0, 0.05) is 22.3 Å². The fourth-order valence-corrected chi connectivity index (χ4v) is 2.86. The third kappa shape index (κ3) is 3.58. The number of nitrogens with zero attached hydrogens (tertiary/aromatic N) is 2. The van der Waals surface area contributed by atoms with Gasteiger partial charge in [-0.1, -0.05) is 36.7 Å². The Morgan fingerprint density at radius 3 is 2.77 bits per heavy atom. The Kier molecular flexibility index (Phi) is 4.63. The van der Waals surface area contributed by atoms with Gasteiger partial charge < -0.3 is 14.2 Å². The molecule has 1 aliphatic rings. The van der Waals surface area contributed by atoms with E-state index in [1.54, 1.807) is 0 Å². The van der Waals surface area contributed by atoms with Crippen molar-refractivity contribution in [3.63, 3.8) is 0 Å². The standard InChI is InChI=1S/C20H17ClN2O3/c1-2-16-10-19(23-20(22-16)14-4-3-5-15(21)9-14)24-11-13-6-7-17-18(8-13)26-12-25-17/h3-10H,2,11-12H2,1H3. The van der Waals surface area contributed by atoms with Crippen molar-refractivity contribution in [2.24, 2.45) is 0 Å². The Morgan fingerprint density at radius 1 is 1.04 bits per heavy atom. The van der Waals surface area contributed by atoms with Crippen LogP contribution in [0.1, 0.15) is 18.2 Å². The van der Waals surface area contributed by atoms with E-state index in [0.29, 0.717) is 23.3 Å². The summed E-state index contributed by atoms with van der Waals surface area (Å²) < 4.78 is 16.6. The summed E-state index contributed by atoms with van der Waals surface area (Å²) in [5, 5.41) is 0.649. The number of rotatable bonds is 5. The molecule has 3 aromatic rings. The summed E-state index contributed by atoms with van der Waals surface area (Å²) in [4.78, 5) is 9.11. The molecule has 0 atom stereocenters. The van der Waals surface area contributed by atoms with Crippen molar-refractivity contribution >= 4 is 11.6 Å². The van der Waals surface area contributed by atoms with Gasteiger partial charge in [0.15, 0.2) is 17.3 Å². The molecular formula is C20H17ClN2O3. The smallest absolute Gasteiger partial charge is 0.231 e. The molecule has 5 nitrogen and oxygen atoms in total. The molecule has 0 radical (unpaired) electrons. The number of aryl methyl sites for hydroxylation is 1. The van der Waals surface area contributed by atoms with Crippen molar-refractivity contribution in [1.82, 2.24) is 9.97 Å². The predicted molar refractivity (Wildman–Crippen MR) is 98.8 cm³/mol. The number of halogens is 1. The summed E-state index contributed by atoms with van der Waals surface area (Å²) >= 11 is 6.09. The highest BCUT2D eigenvalue weighted by molar-refractivity contribution is 6.30. The molecule has 2 aromatic carbocycles. The van der Waals surface area contributed by atoms with E-state index >= 15 is 0 Å². The zero-order valence-corrected chi connectivity index (χ0v) is 15.0. The first-order valence-corrected chi connectivity index (χ1v) is 8.74. The molecule has 1 aromatic heterocycles. The Bertz CT molecular complexity index is 946. The van der Waals surface area contributed by atoms with Crippen LogP contribution in [0.4, 0.5) is 0 Å². The van der Waals surface area contributed by atoms with E-state index in [9.17, 15) is 0 Å². The highest BCUT2D eigenvalue weighted by Gasteiger charge is 2.14. The first-order chi connectivity index (χ1) is 12.7. The van der Waals surface area contributed by atoms with E-state index in [0.717, 1.165) is 34.7 Å². The van der Waals surface area contributed by atoms with E-state index < -0.39 is 0 Å². The summed E-state index contributed by atoms with van der Waals surface area (Å²) in [7, 11) is 0. The first kappa shape index (κ1) is 16.7. The molecule has 4 rings (SSSR count). The third-order valence-electron chi connectivity index (χ3n) is 4.02. The lowest BCUT2D eigenvalue weighted by molar-refractivity contribution is 0.174. The predicted octanol–water partition coefficient (Wildman–Crippen LogP) is 4.67. The molecule has 0 aliphatic carbocycles. The maximum atomic E-state index is 6.09. The topological polar surface area (TPSA) is 53.5 Å². The number of benzene rings is 2. The van der Waals surface area contributed by atoms with Crippen molar-refractivity contribution < 1.29 is 14.2 Å². The van der Waals surface area contributed by atoms with Gasteiger partial charge in [0.05, 0.1) is 0 Å². The van der Waals surface area contributed by atoms with Gasteiger partial charge in [-0.3, -0.25) is 0 Å². The molecule has 0 fully saturated rings. The summed E-state index contributed by atoms with van der Waals surface area (Å²) in [6.45, 7) is 2.69. The Morgan fingerprint density at radius 2 is 1.92 bits per heavy atom. The quantitative estimate of drug-likeness (QED) is 0.655. The van der Waals surface area contributed by atoms with Crippen molar-refractivity contribution in [2.75, 3.05) is 6.79 Å². The van der Waals surface area contributed by atoms with E-state index in [4.69, 9.17) is 25.8 Å². The molecule has 26 heavy (non-hydrogen) atoms. The molecule has 1 aliphatic heterocycles. The second kappa shape index (κ2) is 7.22. The minimum Gasteiger partial charge on any atom is -0.473 e. The fourth-order valence-electron chi connectivity index (χ4n) is 2.67. The minimum atomic E-state index is 0.258. The molecular weight excluding hydrogens is 352 g/mol. The average molecular weight is 369 g/mol. The molecule has 0 saturated carbocycles. The molecule has 132 valence electrons. The average Bonchev–Trinajstić information content (AvgIpc) is 3.14. The number of aromatic nitrogens is 2. The SMILES string of the molecule is CCc1cc(OCc2ccc3c(c2)OCO3)nc(-c2cccc(Cl)c2)n1. The van der Waals surface area contributed by atoms with Crippen molar-refractivity contribution in [3.05, 3.63) is 64.8 Å². The van der Waals surface area contributed by atoms with Gasteiger partial charge >= 0.3 is 0 Å². The molecule has 0 bridgehead atoms. The molecule has 0 saturated heterocycles. The maximum Gasteiger partial charge on any atom is 0.231 e. The molecule has 0 spiro atoms. The Labute approximate surface area is 156 Å². The zero-order valence-electron chi connectivity index (χ0n) is 14.2. The summed E-state index contributed by atoms with van der Waals surface area (Å²) in [5.74, 6) is 2.63. The van der Waals surface area contributed by atoms with Gasteiger partial charge in [0.1, 0.15) is 6.61 Å². The van der Waals surface area contributed by atoms with Crippen LogP contribution in [0.5, 0.6) is 17.4 Å². The number of hydrogen-bond donors (Lipinski definition) is 0. The second-order valence-corrected chi connectivity index (χ2v) is 6.30. The van der Waals surface area contributed by atoms with Gasteiger partial charge in [-0.25, -0.2) is 4.98 Å². The summed E-state index contributed by atoms with van der Waals surface area (Å²) in [6.07, 6.45) is 0.788. The van der Waals surface area contributed by atoms with Crippen LogP contribution < -0.4 is 14.2 Å². The normalized spacial score (nSPS) is 12.2. The van der Waals surface area contributed by atoms with Crippen LogP contribution in [0, 0.1) is 0 Å². The highest BCUT2D eigenvalue weighted by atomic mass is 35.5. The van der Waals surface area contributed by atoms with E-state index in [2.05, 4.69) is 9.97 Å². The minimum absolute atomic E-state index is 0.258. The van der Waals surface area contributed by atoms with Crippen LogP contribution in [-0.2, 0) is 13.0 Å². The molecule has 6 heteroatoms. The largest absolute Gasteiger partial charge is 0.473 e. The molecule has 2 heterocycles. The lowest BCUT2D eigenvalue weighted by Gasteiger charge is -2.10. The van der Waals surface area contributed by atoms with E-state index in [1.165, 1.54) is 0 Å². The lowest BCUT2D eigenvalue weighted by Crippen LogP contribution is -2.02. The molecule has 0 N–H and O–H groups in total. The van der Waals surface area contributed by atoms with Crippen LogP contribution in [0.3, 0.4) is 0 Å². The van der Waals surface area contributed by atoms with Crippen molar-refractivity contribution in [3.8, 4) is 28.8 Å². The van der Waals surface area contributed by atoms with E-state index in [-0.39, 0.29) is 6.79 Å². The van der Waals surface area contributed by atoms with Gasteiger partial charge in [-0.15, -0.1) is 0 Å². The third-order valence-corrected chi connectivity index (χ3v) is 4.26. The van der Waals surface area contributed by atoms with Crippen molar-refractivity contribution in [1.29, 1.82) is 0 Å². The van der Waals surface area contributed by atoms with Crippen LogP contribution in [-0.4, -0.2) is 16.8 Å². The first-order valence-electron chi connectivity index (χ1n) is 8.36. The number of ether oxygens (including phenoxy) is 3. The van der Waals surface area contributed by atoms with Crippen molar-refractivity contribution in [2.45, 2.75) is 20.0 Å². The lowest BCUT2D eigenvalue weighted by atomic mass is 10.2. The molecule has 0 amide bonds. The molecule has 0 unspecified atom stereocenters. The van der Waals surface area contributed by atoms with Gasteiger partial charge in [0.2, 0.25) is 12.7 Å². The monoisotopic (exact) mass is 368 g/mol. The van der Waals surface area contributed by atoms with Gasteiger partial charge in [-0.2, -0.15) is 4.98 Å². The highest BCUT2D eigenvalue weighted by Crippen LogP contribution is 2.32. The second-order valence-electron chi connectivity index (χ2n) is 5.86. The fraction of sp³-hybridized carbons (Fsp3) is 0.200. The number of hydrogen-bond acceptors (Lipinski definition) is 5. The van der Waals surface area contributed by atoms with Crippen LogP contribution in [0.25, 0.3) is 11.4 Å². The summed E-state index contributed by atoms with van der Waals surface area (Å²) in [6, 6.07) is 15.1. The Balaban J connectivity index is 1.57. The summed E-state index contributed by atoms with van der Waals surface area (Å²) in [5.41, 5.74) is 2.76. The van der Waals surface area contributed by atoms with E-state index in [1.807, 2.05) is 55.5 Å². The maximum absolute atomic E-state index is 6.09. The van der Waals surface area contributed by atoms with Crippen LogP contribution >= 0.6 is 11.6 Å².